The number of rotatable bonds is 17. The highest BCUT2D eigenvalue weighted by Gasteiger charge is 2.05. The van der Waals surface area contributed by atoms with Crippen LogP contribution >= 0.6 is 12.4 Å². The molecule has 0 heterocycles. The molecule has 1 rings (SSSR count). The van der Waals surface area contributed by atoms with Crippen molar-refractivity contribution in [3.05, 3.63) is 59.8 Å². The molecule has 33 heavy (non-hydrogen) atoms. The maximum Gasteiger partial charge on any atom is 0.0524 e. The highest BCUT2D eigenvalue weighted by molar-refractivity contribution is 5.85. The molecule has 2 nitrogen and oxygen atoms in total. The highest BCUT2D eigenvalue weighted by atomic mass is 35.5. The molecular formula is C30H51ClN2. The largest absolute Gasteiger partial charge is 0.378 e. The lowest BCUT2D eigenvalue weighted by Gasteiger charge is -2.14. The zero-order chi connectivity index (χ0) is 23.5. The first kappa shape index (κ1) is 31.5. The number of unbranched alkanes of at least 4 members (excludes halogenated alkanes) is 8. The molecule has 1 aromatic carbocycles. The van der Waals surface area contributed by atoms with Gasteiger partial charge in [-0.15, -0.1) is 12.4 Å². The number of aliphatic imine (C=N–C) groups is 1. The van der Waals surface area contributed by atoms with E-state index in [-0.39, 0.29) is 17.9 Å². The molecule has 1 aromatic rings. The van der Waals surface area contributed by atoms with Crippen LogP contribution in [0, 0.1) is 0 Å². The normalized spacial score (nSPS) is 12.5. The summed E-state index contributed by atoms with van der Waals surface area (Å²) in [4.78, 5) is 7.05. The predicted molar refractivity (Wildman–Crippen MR) is 152 cm³/mol. The first-order valence-electron chi connectivity index (χ1n) is 13.1. The minimum Gasteiger partial charge on any atom is -0.378 e. The quantitative estimate of drug-likeness (QED) is 0.125. The van der Waals surface area contributed by atoms with E-state index in [4.69, 9.17) is 4.99 Å². The number of allylic oxidation sites excluding steroid dienone is 3. The Morgan fingerprint density at radius 2 is 1.36 bits per heavy atom. The minimum absolute atomic E-state index is 0. The van der Waals surface area contributed by atoms with E-state index in [1.165, 1.54) is 75.3 Å². The SMILES string of the molecule is CCN(/C=C/C=C(/C=NC(C)(C)C)CCCCCCCCCCCc1ccccc1)CC.Cl. The second-order valence-corrected chi connectivity index (χ2v) is 9.90. The van der Waals surface area contributed by atoms with Crippen LogP contribution in [0.3, 0.4) is 0 Å². The van der Waals surface area contributed by atoms with Crippen molar-refractivity contribution >= 4 is 18.6 Å². The summed E-state index contributed by atoms with van der Waals surface area (Å²) in [5.41, 5.74) is 2.82. The molecule has 0 bridgehead atoms. The minimum atomic E-state index is -0.0111. The fourth-order valence-electron chi connectivity index (χ4n) is 3.73. The summed E-state index contributed by atoms with van der Waals surface area (Å²) in [7, 11) is 0. The van der Waals surface area contributed by atoms with Crippen LogP contribution in [0.1, 0.15) is 104 Å². The maximum atomic E-state index is 4.74. The molecule has 0 fully saturated rings. The van der Waals surface area contributed by atoms with Gasteiger partial charge in [-0.3, -0.25) is 4.99 Å². The Hall–Kier alpha value is -1.54. The van der Waals surface area contributed by atoms with Crippen molar-refractivity contribution in [2.24, 2.45) is 4.99 Å². The first-order chi connectivity index (χ1) is 15.4. The second kappa shape index (κ2) is 19.9. The van der Waals surface area contributed by atoms with E-state index in [1.807, 2.05) is 0 Å². The van der Waals surface area contributed by atoms with Gasteiger partial charge in [0, 0.05) is 19.3 Å². The summed E-state index contributed by atoms with van der Waals surface area (Å²) in [6, 6.07) is 10.9. The zero-order valence-corrected chi connectivity index (χ0v) is 23.0. The van der Waals surface area contributed by atoms with Crippen molar-refractivity contribution in [3.8, 4) is 0 Å². The number of aryl methyl sites for hydroxylation is 1. The summed E-state index contributed by atoms with van der Waals surface area (Å²) in [5.74, 6) is 0. The summed E-state index contributed by atoms with van der Waals surface area (Å²) in [6.45, 7) is 13.0. The van der Waals surface area contributed by atoms with E-state index >= 15 is 0 Å². The number of halogens is 1. The zero-order valence-electron chi connectivity index (χ0n) is 22.2. The van der Waals surface area contributed by atoms with Crippen molar-refractivity contribution in [2.75, 3.05) is 13.1 Å². The molecule has 0 radical (unpaired) electrons. The molecule has 0 aliphatic rings. The molecule has 3 heteroatoms. The fraction of sp³-hybridized carbons (Fsp3) is 0.633. The molecule has 0 aromatic heterocycles. The molecule has 0 saturated carbocycles. The van der Waals surface area contributed by atoms with Gasteiger partial charge in [-0.05, 0) is 83.7 Å². The highest BCUT2D eigenvalue weighted by Crippen LogP contribution is 2.15. The van der Waals surface area contributed by atoms with Crippen LogP contribution < -0.4 is 0 Å². The van der Waals surface area contributed by atoms with E-state index < -0.39 is 0 Å². The lowest BCUT2D eigenvalue weighted by molar-refractivity contribution is 0.419. The molecule has 0 aliphatic carbocycles. The Labute approximate surface area is 212 Å². The van der Waals surface area contributed by atoms with E-state index in [1.54, 1.807) is 0 Å². The summed E-state index contributed by atoms with van der Waals surface area (Å²) < 4.78 is 0. The van der Waals surface area contributed by atoms with Crippen LogP contribution in [-0.2, 0) is 6.42 Å². The van der Waals surface area contributed by atoms with Gasteiger partial charge in [0.05, 0.1) is 5.54 Å². The van der Waals surface area contributed by atoms with Gasteiger partial charge in [0.15, 0.2) is 0 Å². The van der Waals surface area contributed by atoms with Crippen molar-refractivity contribution in [2.45, 2.75) is 111 Å². The number of benzene rings is 1. The van der Waals surface area contributed by atoms with Gasteiger partial charge in [0.25, 0.3) is 0 Å². The first-order valence-corrected chi connectivity index (χ1v) is 13.1. The summed E-state index contributed by atoms with van der Waals surface area (Å²) >= 11 is 0. The maximum absolute atomic E-state index is 4.74. The van der Waals surface area contributed by atoms with Crippen molar-refractivity contribution in [1.29, 1.82) is 0 Å². The summed E-state index contributed by atoms with van der Waals surface area (Å²) in [6.07, 6.45) is 23.3. The standard InChI is InChI=1S/C30H50N2.ClH/c1-6-32(7-2)26-20-25-29(27-31-30(3,4)5)24-17-14-12-10-8-9-11-13-16-21-28-22-18-15-19-23-28;/h15,18-20,22-23,25-27H,6-14,16-17,21,24H2,1-5H3;1H/b26-20+,29-25+,31-27?;. The van der Waals surface area contributed by atoms with Crippen molar-refractivity contribution < 1.29 is 0 Å². The summed E-state index contributed by atoms with van der Waals surface area (Å²) in [5, 5.41) is 0. The van der Waals surface area contributed by atoms with Gasteiger partial charge in [-0.2, -0.15) is 0 Å². The average Bonchev–Trinajstić information content (AvgIpc) is 2.78. The number of nitrogens with zero attached hydrogens (tertiary/aromatic N) is 2. The van der Waals surface area contributed by atoms with Gasteiger partial charge < -0.3 is 4.90 Å². The lowest BCUT2D eigenvalue weighted by Crippen LogP contribution is -2.14. The van der Waals surface area contributed by atoms with Gasteiger partial charge in [0.1, 0.15) is 0 Å². The van der Waals surface area contributed by atoms with Gasteiger partial charge >= 0.3 is 0 Å². The Kier molecular flexibility index (Phi) is 19.0. The van der Waals surface area contributed by atoms with Crippen molar-refractivity contribution in [1.82, 2.24) is 4.90 Å². The molecule has 0 atom stereocenters. The smallest absolute Gasteiger partial charge is 0.0524 e. The van der Waals surface area contributed by atoms with Crippen LogP contribution in [0.2, 0.25) is 0 Å². The average molecular weight is 475 g/mol. The Bertz CT molecular complexity index is 652. The van der Waals surface area contributed by atoms with Gasteiger partial charge in [-0.1, -0.05) is 81.4 Å². The molecule has 0 N–H and O–H groups in total. The third-order valence-corrected chi connectivity index (χ3v) is 5.81. The predicted octanol–water partition coefficient (Wildman–Crippen LogP) is 9.20. The third kappa shape index (κ3) is 18.6. The molecule has 0 spiro atoms. The Morgan fingerprint density at radius 3 is 1.91 bits per heavy atom. The van der Waals surface area contributed by atoms with Crippen LogP contribution in [0.25, 0.3) is 0 Å². The van der Waals surface area contributed by atoms with Gasteiger partial charge in [-0.25, -0.2) is 0 Å². The van der Waals surface area contributed by atoms with E-state index in [2.05, 4.69) is 94.4 Å². The second-order valence-electron chi connectivity index (χ2n) is 9.90. The molecule has 0 aliphatic heterocycles. The molecule has 0 amide bonds. The van der Waals surface area contributed by atoms with E-state index in [0.29, 0.717) is 0 Å². The van der Waals surface area contributed by atoms with Crippen LogP contribution in [-0.4, -0.2) is 29.7 Å². The van der Waals surface area contributed by atoms with Crippen LogP contribution in [0.15, 0.2) is 59.2 Å². The molecule has 0 saturated heterocycles. The number of hydrogen-bond donors (Lipinski definition) is 0. The fourth-order valence-corrected chi connectivity index (χ4v) is 3.73. The monoisotopic (exact) mass is 474 g/mol. The molecule has 188 valence electrons. The van der Waals surface area contributed by atoms with E-state index in [0.717, 1.165) is 19.5 Å². The van der Waals surface area contributed by atoms with E-state index in [9.17, 15) is 0 Å². The Balaban J connectivity index is 0.0000102. The van der Waals surface area contributed by atoms with Crippen LogP contribution in [0.5, 0.6) is 0 Å². The topological polar surface area (TPSA) is 15.6 Å². The van der Waals surface area contributed by atoms with Crippen LogP contribution in [0.4, 0.5) is 0 Å². The Morgan fingerprint density at radius 1 is 0.818 bits per heavy atom. The van der Waals surface area contributed by atoms with Gasteiger partial charge in [0.2, 0.25) is 0 Å². The third-order valence-electron chi connectivity index (χ3n) is 5.81. The lowest BCUT2D eigenvalue weighted by atomic mass is 10.0. The van der Waals surface area contributed by atoms with Crippen molar-refractivity contribution in [3.63, 3.8) is 0 Å². The number of hydrogen-bond acceptors (Lipinski definition) is 2. The molecule has 0 unspecified atom stereocenters. The molecular weight excluding hydrogens is 424 g/mol.